The molecule has 5 heterocycles. The smallest absolute Gasteiger partial charge is 0.265 e. The van der Waals surface area contributed by atoms with Gasteiger partial charge in [-0.15, -0.1) is 11.8 Å². The van der Waals surface area contributed by atoms with Gasteiger partial charge in [0.25, 0.3) is 11.8 Å². The number of halogens is 1. The summed E-state index contributed by atoms with van der Waals surface area (Å²) in [5, 5.41) is 7.81. The molecule has 5 amide bonds. The first-order valence-electron chi connectivity index (χ1n) is 19.4. The average Bonchev–Trinajstić information content (AvgIpc) is 3.74. The molecular weight excluding hydrogens is 764 g/mol. The van der Waals surface area contributed by atoms with Gasteiger partial charge in [0.1, 0.15) is 41.2 Å². The van der Waals surface area contributed by atoms with Crippen molar-refractivity contribution < 1.29 is 33.1 Å². The molecule has 1 unspecified atom stereocenters. The molecule has 2 saturated heterocycles. The van der Waals surface area contributed by atoms with Crippen molar-refractivity contribution in [2.75, 3.05) is 24.6 Å². The zero-order chi connectivity index (χ0) is 40.3. The monoisotopic (exact) mass is 804 g/mol. The van der Waals surface area contributed by atoms with E-state index in [1.165, 1.54) is 30.2 Å². The van der Waals surface area contributed by atoms with Crippen LogP contribution in [0.1, 0.15) is 84.5 Å². The van der Waals surface area contributed by atoms with Crippen molar-refractivity contribution in [3.63, 3.8) is 0 Å². The van der Waals surface area contributed by atoms with Gasteiger partial charge in [-0.2, -0.15) is 5.10 Å². The number of carbonyl (C=O) groups excluding carboxylic acids is 5. The molecule has 298 valence electrons. The lowest BCUT2D eigenvalue weighted by molar-refractivity contribution is -0.136. The normalized spacial score (nSPS) is 18.2. The number of piperidine rings is 2. The van der Waals surface area contributed by atoms with E-state index in [1.807, 2.05) is 64.2 Å². The minimum absolute atomic E-state index is 0.00217. The summed E-state index contributed by atoms with van der Waals surface area (Å²) < 4.78 is 23.4. The number of aromatic nitrogens is 4. The number of nitrogens with two attached hydrogens (primary N) is 1. The van der Waals surface area contributed by atoms with E-state index in [-0.39, 0.29) is 40.8 Å². The highest BCUT2D eigenvalue weighted by atomic mass is 32.2. The molecule has 14 nitrogen and oxygen atoms in total. The van der Waals surface area contributed by atoms with Gasteiger partial charge in [0.2, 0.25) is 17.7 Å². The number of fused-ring (bicyclic) bond motifs is 2. The van der Waals surface area contributed by atoms with Crippen molar-refractivity contribution in [2.24, 2.45) is 0 Å². The Labute approximate surface area is 337 Å². The number of likely N-dealkylation sites (tertiary alicyclic amines) is 1. The van der Waals surface area contributed by atoms with E-state index in [0.717, 1.165) is 48.3 Å². The second-order valence-corrected chi connectivity index (χ2v) is 15.7. The van der Waals surface area contributed by atoms with Crippen LogP contribution in [0.4, 0.5) is 10.2 Å². The molecule has 0 bridgehead atoms. The summed E-state index contributed by atoms with van der Waals surface area (Å²) in [5.41, 5.74) is 8.10. The number of nitrogen functional groups attached to an aromatic ring is 1. The number of imide groups is 2. The van der Waals surface area contributed by atoms with E-state index in [4.69, 9.17) is 15.6 Å². The molecule has 0 aliphatic carbocycles. The van der Waals surface area contributed by atoms with Gasteiger partial charge in [-0.1, -0.05) is 31.0 Å². The Kier molecular flexibility index (Phi) is 11.2. The Hall–Kier alpha value is -6.16. The van der Waals surface area contributed by atoms with Gasteiger partial charge in [-0.3, -0.25) is 34.2 Å². The second-order valence-electron chi connectivity index (χ2n) is 14.6. The first kappa shape index (κ1) is 38.7. The predicted molar refractivity (Wildman–Crippen MR) is 213 cm³/mol. The SMILES string of the molecule is Nc1ncnc2c1c(-c1ccc(Oc3ccccc3)cc1)nn2[C@@H]1CCCN(C(=O)CCCCCCSc2ccc3c(c2F)C(=O)N(C2CCC(=O)NC2=O)C3=O)C1. The van der Waals surface area contributed by atoms with Gasteiger partial charge in [-0.25, -0.2) is 19.0 Å². The van der Waals surface area contributed by atoms with Crippen LogP contribution in [0.3, 0.4) is 0 Å². The number of carbonyl (C=O) groups is 5. The summed E-state index contributed by atoms with van der Waals surface area (Å²) in [6, 6.07) is 18.8. The first-order chi connectivity index (χ1) is 28.2. The van der Waals surface area contributed by atoms with Gasteiger partial charge in [-0.05, 0) is 86.4 Å². The average molecular weight is 805 g/mol. The zero-order valence-electron chi connectivity index (χ0n) is 31.6. The van der Waals surface area contributed by atoms with Crippen LogP contribution in [0.25, 0.3) is 22.3 Å². The summed E-state index contributed by atoms with van der Waals surface area (Å²) in [7, 11) is 0. The predicted octanol–water partition coefficient (Wildman–Crippen LogP) is 6.31. The van der Waals surface area contributed by atoms with Gasteiger partial charge in [0, 0.05) is 36.4 Å². The van der Waals surface area contributed by atoms with Crippen molar-refractivity contribution in [2.45, 2.75) is 74.8 Å². The Bertz CT molecular complexity index is 2410. The number of anilines is 1. The van der Waals surface area contributed by atoms with E-state index < -0.39 is 35.5 Å². The lowest BCUT2D eigenvalue weighted by Gasteiger charge is -2.33. The van der Waals surface area contributed by atoms with Gasteiger partial charge < -0.3 is 15.4 Å². The minimum Gasteiger partial charge on any atom is -0.457 e. The maximum atomic E-state index is 15.5. The third-order valence-electron chi connectivity index (χ3n) is 10.8. The van der Waals surface area contributed by atoms with Crippen LogP contribution in [-0.4, -0.2) is 84.0 Å². The van der Waals surface area contributed by atoms with Crippen LogP contribution in [0, 0.1) is 5.82 Å². The number of ether oxygens (including phenoxy) is 1. The summed E-state index contributed by atoms with van der Waals surface area (Å²) in [6.07, 6.45) is 6.63. The molecule has 3 aromatic carbocycles. The molecule has 3 N–H and O–H groups in total. The molecular formula is C42H41FN8O6S. The highest BCUT2D eigenvalue weighted by Gasteiger charge is 2.46. The van der Waals surface area contributed by atoms with Crippen molar-refractivity contribution in [1.82, 2.24) is 34.9 Å². The summed E-state index contributed by atoms with van der Waals surface area (Å²) >= 11 is 1.25. The molecule has 58 heavy (non-hydrogen) atoms. The largest absolute Gasteiger partial charge is 0.457 e. The highest BCUT2D eigenvalue weighted by Crippen LogP contribution is 2.36. The molecule has 3 aliphatic rings. The van der Waals surface area contributed by atoms with E-state index in [2.05, 4.69) is 15.3 Å². The van der Waals surface area contributed by atoms with E-state index in [1.54, 1.807) is 0 Å². The van der Waals surface area contributed by atoms with Gasteiger partial charge in [0.05, 0.1) is 22.6 Å². The molecule has 0 radical (unpaired) electrons. The number of hydrogen-bond acceptors (Lipinski definition) is 11. The fourth-order valence-corrected chi connectivity index (χ4v) is 8.78. The molecule has 0 saturated carbocycles. The first-order valence-corrected chi connectivity index (χ1v) is 20.4. The topological polar surface area (TPSA) is 183 Å². The zero-order valence-corrected chi connectivity index (χ0v) is 32.4. The van der Waals surface area contributed by atoms with Crippen LogP contribution in [-0.2, 0) is 14.4 Å². The van der Waals surface area contributed by atoms with Crippen LogP contribution >= 0.6 is 11.8 Å². The highest BCUT2D eigenvalue weighted by molar-refractivity contribution is 7.99. The maximum absolute atomic E-state index is 15.5. The van der Waals surface area contributed by atoms with Crippen LogP contribution < -0.4 is 15.8 Å². The maximum Gasteiger partial charge on any atom is 0.265 e. The van der Waals surface area contributed by atoms with Crippen LogP contribution in [0.2, 0.25) is 0 Å². The number of nitrogens with zero attached hydrogens (tertiary/aromatic N) is 6. The van der Waals surface area contributed by atoms with Crippen molar-refractivity contribution >= 4 is 58.1 Å². The summed E-state index contributed by atoms with van der Waals surface area (Å²) in [5.74, 6) is -1.17. The number of nitrogens with one attached hydrogen (secondary N) is 1. The quantitative estimate of drug-likeness (QED) is 0.0773. The molecule has 16 heteroatoms. The number of amides is 5. The number of thioether (sulfide) groups is 1. The molecule has 3 aliphatic heterocycles. The van der Waals surface area contributed by atoms with Gasteiger partial charge >= 0.3 is 0 Å². The van der Waals surface area contributed by atoms with Gasteiger partial charge in [0.15, 0.2) is 5.65 Å². The Morgan fingerprint density at radius 1 is 0.914 bits per heavy atom. The minimum atomic E-state index is -1.15. The van der Waals surface area contributed by atoms with Crippen molar-refractivity contribution in [3.8, 4) is 22.8 Å². The van der Waals surface area contributed by atoms with Crippen molar-refractivity contribution in [1.29, 1.82) is 0 Å². The third kappa shape index (κ3) is 7.75. The lowest BCUT2D eigenvalue weighted by Crippen LogP contribution is -2.54. The summed E-state index contributed by atoms with van der Waals surface area (Å²) in [4.78, 5) is 75.1. The molecule has 2 aromatic heterocycles. The van der Waals surface area contributed by atoms with Crippen LogP contribution in [0.15, 0.2) is 78.0 Å². The standard InChI is InChI=1S/C42H41FN8O6S/c43-36-31(19-17-29-34(36)42(56)50(41(29)55)30-18-20-32(52)47-40(30)54)58-22-7-2-1-6-12-33(53)49-21-8-9-26(23-49)51-39-35(38(44)45-24-46-39)37(48-51)25-13-15-28(16-14-25)57-27-10-4-3-5-11-27/h3-5,10-11,13-17,19,24,26,30H,1-2,6-9,12,18,20-23H2,(H2,44,45,46)(H,47,52,54)/t26-,30?/m1/s1. The molecule has 2 fully saturated rings. The molecule has 5 aromatic rings. The van der Waals surface area contributed by atoms with Crippen LogP contribution in [0.5, 0.6) is 11.5 Å². The summed E-state index contributed by atoms with van der Waals surface area (Å²) in [6.45, 7) is 1.18. The number of benzene rings is 3. The fraction of sp³-hybridized carbons (Fsp3) is 0.333. The Morgan fingerprint density at radius 3 is 2.48 bits per heavy atom. The third-order valence-corrected chi connectivity index (χ3v) is 11.9. The fourth-order valence-electron chi connectivity index (χ4n) is 7.82. The van der Waals surface area contributed by atoms with E-state index in [0.29, 0.717) is 60.0 Å². The lowest BCUT2D eigenvalue weighted by atomic mass is 10.0. The molecule has 8 rings (SSSR count). The second kappa shape index (κ2) is 16.7. The Balaban J connectivity index is 0.823. The number of para-hydroxylation sites is 1. The van der Waals surface area contributed by atoms with E-state index in [9.17, 15) is 24.0 Å². The van der Waals surface area contributed by atoms with Crippen molar-refractivity contribution in [3.05, 3.63) is 90.0 Å². The molecule has 0 spiro atoms. The number of unbranched alkanes of at least 4 members (excludes halogenated alkanes) is 3. The van der Waals surface area contributed by atoms with E-state index >= 15 is 4.39 Å². The molecule has 2 atom stereocenters. The number of rotatable bonds is 13. The Morgan fingerprint density at radius 2 is 1.69 bits per heavy atom. The number of hydrogen-bond donors (Lipinski definition) is 2.